The van der Waals surface area contributed by atoms with Crippen LogP contribution >= 0.6 is 0 Å². The summed E-state index contributed by atoms with van der Waals surface area (Å²) in [5, 5.41) is 33.4. The molecule has 0 spiro atoms. The molecule has 0 bridgehead atoms. The monoisotopic (exact) mass is 559 g/mol. The normalized spacial score (nSPS) is 11.1. The third-order valence-electron chi connectivity index (χ3n) is 8.42. The Morgan fingerprint density at radius 3 is 1.93 bits per heavy atom. The van der Waals surface area contributed by atoms with E-state index in [0.717, 1.165) is 66.1 Å². The van der Waals surface area contributed by atoms with E-state index in [1.54, 1.807) is 0 Å². The highest BCUT2D eigenvalue weighted by molar-refractivity contribution is 6.20. The van der Waals surface area contributed by atoms with Gasteiger partial charge in [0.05, 0.1) is 56.6 Å². The van der Waals surface area contributed by atoms with Crippen LogP contribution in [0.4, 0.5) is 0 Å². The maximum absolute atomic E-state index is 9.99. The highest BCUT2D eigenvalue weighted by Crippen LogP contribution is 2.43. The summed E-state index contributed by atoms with van der Waals surface area (Å²) >= 11 is 0. The first kappa shape index (κ1) is 25.1. The molecule has 2 aromatic heterocycles. The molecule has 6 aromatic carbocycles. The zero-order valence-corrected chi connectivity index (χ0v) is 23.4. The summed E-state index contributed by atoms with van der Waals surface area (Å²) in [5.74, 6) is 0. The van der Waals surface area contributed by atoms with Crippen LogP contribution in [0.3, 0.4) is 0 Å². The summed E-state index contributed by atoms with van der Waals surface area (Å²) in [6.07, 6.45) is 0. The number of hydrogen-bond donors (Lipinski definition) is 0. The van der Waals surface area contributed by atoms with Gasteiger partial charge in [-0.1, -0.05) is 60.7 Å². The number of nitriles is 3. The van der Waals surface area contributed by atoms with Crippen molar-refractivity contribution in [2.45, 2.75) is 0 Å². The van der Waals surface area contributed by atoms with Crippen LogP contribution in [0.5, 0.6) is 0 Å². The standard InChI is InChI=1S/C39H21N5/c40-22-25-15-18-28(19-16-25)43-36-20-17-26(23-41)21-33(36)31-11-5-10-30(39(31)43)29-9-6-14-37-38(29)32-8-2-4-13-35(32)44(37)34-12-3-1-7-27(34)24-42/h1-21H. The fourth-order valence-corrected chi connectivity index (χ4v) is 6.58. The molecule has 2 heterocycles. The van der Waals surface area contributed by atoms with Crippen molar-refractivity contribution in [1.29, 1.82) is 15.8 Å². The maximum atomic E-state index is 9.99. The zero-order valence-electron chi connectivity index (χ0n) is 23.4. The first-order valence-electron chi connectivity index (χ1n) is 14.2. The minimum absolute atomic E-state index is 0.594. The average molecular weight is 560 g/mol. The Morgan fingerprint density at radius 1 is 0.455 bits per heavy atom. The molecular formula is C39H21N5. The third kappa shape index (κ3) is 3.56. The van der Waals surface area contributed by atoms with Gasteiger partial charge in [-0.2, -0.15) is 15.8 Å². The second-order valence-corrected chi connectivity index (χ2v) is 10.7. The highest BCUT2D eigenvalue weighted by Gasteiger charge is 2.21. The molecule has 8 rings (SSSR count). The number of fused-ring (bicyclic) bond motifs is 6. The summed E-state index contributed by atoms with van der Waals surface area (Å²) in [5.41, 5.74) is 9.71. The Balaban J connectivity index is 1.53. The Kier molecular flexibility index (Phi) is 5.56. The number of rotatable bonds is 3. The van der Waals surface area contributed by atoms with Crippen molar-refractivity contribution in [2.24, 2.45) is 0 Å². The van der Waals surface area contributed by atoms with E-state index in [9.17, 15) is 15.8 Å². The van der Waals surface area contributed by atoms with E-state index in [2.05, 4.69) is 81.9 Å². The van der Waals surface area contributed by atoms with Crippen molar-refractivity contribution in [3.8, 4) is 40.7 Å². The Morgan fingerprint density at radius 2 is 1.11 bits per heavy atom. The topological polar surface area (TPSA) is 81.2 Å². The lowest BCUT2D eigenvalue weighted by Crippen LogP contribution is -1.97. The minimum Gasteiger partial charge on any atom is -0.309 e. The van der Waals surface area contributed by atoms with Crippen LogP contribution < -0.4 is 0 Å². The number of benzene rings is 6. The van der Waals surface area contributed by atoms with Crippen LogP contribution in [0.2, 0.25) is 0 Å². The molecule has 0 aliphatic heterocycles. The summed E-state index contributed by atoms with van der Waals surface area (Å²) in [6, 6.07) is 49.0. The molecular weight excluding hydrogens is 538 g/mol. The number of para-hydroxylation sites is 3. The molecule has 0 atom stereocenters. The predicted molar refractivity (Wildman–Crippen MR) is 175 cm³/mol. The molecule has 0 radical (unpaired) electrons. The van der Waals surface area contributed by atoms with E-state index >= 15 is 0 Å². The van der Waals surface area contributed by atoms with Crippen molar-refractivity contribution < 1.29 is 0 Å². The van der Waals surface area contributed by atoms with Crippen molar-refractivity contribution >= 4 is 43.6 Å². The van der Waals surface area contributed by atoms with Crippen molar-refractivity contribution in [1.82, 2.24) is 9.13 Å². The third-order valence-corrected chi connectivity index (χ3v) is 8.42. The van der Waals surface area contributed by atoms with Gasteiger partial charge in [0.2, 0.25) is 0 Å². The van der Waals surface area contributed by atoms with Crippen molar-refractivity contribution in [2.75, 3.05) is 0 Å². The van der Waals surface area contributed by atoms with Crippen molar-refractivity contribution in [3.63, 3.8) is 0 Å². The van der Waals surface area contributed by atoms with Crippen LogP contribution in [0, 0.1) is 34.0 Å². The Hall–Kier alpha value is -6.61. The predicted octanol–water partition coefficient (Wildman–Crippen LogP) is 9.16. The second kappa shape index (κ2) is 9.74. The average Bonchev–Trinajstić information content (AvgIpc) is 3.61. The lowest BCUT2D eigenvalue weighted by atomic mass is 9.97. The van der Waals surface area contributed by atoms with Crippen LogP contribution in [0.1, 0.15) is 16.7 Å². The van der Waals surface area contributed by atoms with E-state index in [4.69, 9.17) is 0 Å². The van der Waals surface area contributed by atoms with E-state index in [-0.39, 0.29) is 0 Å². The van der Waals surface area contributed by atoms with Gasteiger partial charge in [-0.25, -0.2) is 0 Å². The van der Waals surface area contributed by atoms with Gasteiger partial charge in [0.1, 0.15) is 6.07 Å². The van der Waals surface area contributed by atoms with E-state index < -0.39 is 0 Å². The fourth-order valence-electron chi connectivity index (χ4n) is 6.58. The summed E-state index contributed by atoms with van der Waals surface area (Å²) < 4.78 is 4.41. The molecule has 0 N–H and O–H groups in total. The lowest BCUT2D eigenvalue weighted by molar-refractivity contribution is 1.17. The summed E-state index contributed by atoms with van der Waals surface area (Å²) in [4.78, 5) is 0. The molecule has 0 unspecified atom stereocenters. The maximum Gasteiger partial charge on any atom is 0.101 e. The molecule has 8 aromatic rings. The number of hydrogen-bond acceptors (Lipinski definition) is 3. The smallest absolute Gasteiger partial charge is 0.101 e. The molecule has 0 fully saturated rings. The molecule has 0 aliphatic rings. The molecule has 0 amide bonds. The SMILES string of the molecule is N#Cc1ccc(-n2c3ccc(C#N)cc3c3cccc(-c4cccc5c4c4ccccc4n5-c4ccccc4C#N)c32)cc1. The largest absolute Gasteiger partial charge is 0.309 e. The van der Waals surface area contributed by atoms with Crippen LogP contribution in [0.15, 0.2) is 127 Å². The quantitative estimate of drug-likeness (QED) is 0.216. The highest BCUT2D eigenvalue weighted by atomic mass is 15.0. The number of aromatic nitrogens is 2. The van der Waals surface area contributed by atoms with Gasteiger partial charge in [0.15, 0.2) is 0 Å². The molecule has 44 heavy (non-hydrogen) atoms. The van der Waals surface area contributed by atoms with Gasteiger partial charge in [0.25, 0.3) is 0 Å². The summed E-state index contributed by atoms with van der Waals surface area (Å²) in [7, 11) is 0. The second-order valence-electron chi connectivity index (χ2n) is 10.7. The van der Waals surface area contributed by atoms with E-state index in [1.807, 2.05) is 72.8 Å². The van der Waals surface area contributed by atoms with Gasteiger partial charge in [-0.3, -0.25) is 0 Å². The Bertz CT molecular complexity index is 2580. The first-order valence-corrected chi connectivity index (χ1v) is 14.2. The summed E-state index contributed by atoms with van der Waals surface area (Å²) in [6.45, 7) is 0. The number of nitrogens with zero attached hydrogens (tertiary/aromatic N) is 5. The van der Waals surface area contributed by atoms with Gasteiger partial charge >= 0.3 is 0 Å². The van der Waals surface area contributed by atoms with Crippen LogP contribution in [-0.2, 0) is 0 Å². The molecule has 0 saturated carbocycles. The molecule has 5 heteroatoms. The lowest BCUT2D eigenvalue weighted by Gasteiger charge is -2.13. The molecule has 0 aliphatic carbocycles. The molecule has 5 nitrogen and oxygen atoms in total. The first-order chi connectivity index (χ1) is 21.7. The van der Waals surface area contributed by atoms with Gasteiger partial charge < -0.3 is 9.13 Å². The van der Waals surface area contributed by atoms with Gasteiger partial charge in [0, 0.05) is 32.8 Å². The van der Waals surface area contributed by atoms with E-state index in [1.165, 1.54) is 0 Å². The van der Waals surface area contributed by atoms with Gasteiger partial charge in [-0.05, 0) is 72.3 Å². The zero-order chi connectivity index (χ0) is 29.8. The Labute approximate surface area is 252 Å². The molecule has 202 valence electrons. The molecule has 0 saturated heterocycles. The van der Waals surface area contributed by atoms with Crippen molar-refractivity contribution in [3.05, 3.63) is 144 Å². The van der Waals surface area contributed by atoms with Crippen LogP contribution in [0.25, 0.3) is 66.1 Å². The fraction of sp³-hybridized carbons (Fsp3) is 0. The van der Waals surface area contributed by atoms with Gasteiger partial charge in [-0.15, -0.1) is 0 Å². The van der Waals surface area contributed by atoms with E-state index in [0.29, 0.717) is 16.7 Å². The minimum atomic E-state index is 0.594. The van der Waals surface area contributed by atoms with Crippen LogP contribution in [-0.4, -0.2) is 9.13 Å².